The van der Waals surface area contributed by atoms with Gasteiger partial charge in [-0.15, -0.1) is 0 Å². The van der Waals surface area contributed by atoms with Crippen molar-refractivity contribution < 1.29 is 5.11 Å². The van der Waals surface area contributed by atoms with E-state index in [9.17, 15) is 5.11 Å². The molecule has 1 aliphatic rings. The average molecular weight is 196 g/mol. The van der Waals surface area contributed by atoms with Gasteiger partial charge in [-0.1, -0.05) is 23.7 Å². The van der Waals surface area contributed by atoms with Crippen LogP contribution in [0.3, 0.4) is 0 Å². The fourth-order valence-corrected chi connectivity index (χ4v) is 2.04. The Hall–Kier alpha value is -0.530. The molecule has 0 aromatic heterocycles. The molecule has 69 valence electrons. The number of rotatable bonds is 2. The summed E-state index contributed by atoms with van der Waals surface area (Å²) in [5.41, 5.74) is 1.27. The summed E-state index contributed by atoms with van der Waals surface area (Å²) in [6.45, 7) is 0.0628. The topological polar surface area (TPSA) is 19.9 Å². The lowest BCUT2D eigenvalue weighted by Gasteiger charge is -2.35. The smallest absolute Gasteiger partial charge is 0.0856 e. The van der Waals surface area contributed by atoms with Crippen LogP contribution in [0.2, 0.25) is 5.02 Å². The highest BCUT2D eigenvalue weighted by molar-refractivity contribution is 6.30. The molecule has 0 saturated heterocycles. The normalized spacial score (nSPS) is 26.9. The number of hydrogen-bond donors (Lipinski definition) is 0. The fourth-order valence-electron chi connectivity index (χ4n) is 1.92. The van der Waals surface area contributed by atoms with Crippen LogP contribution >= 0.6 is 11.6 Å². The molecular weight excluding hydrogens is 184 g/mol. The Bertz CT molecular complexity index is 279. The second kappa shape index (κ2) is 3.69. The Morgan fingerprint density at radius 2 is 1.92 bits per heavy atom. The molecule has 13 heavy (non-hydrogen) atoms. The SMILES string of the molecule is [O]CC1CCC1c1ccc(Cl)cc1. The van der Waals surface area contributed by atoms with E-state index in [4.69, 9.17) is 11.6 Å². The predicted molar refractivity (Wildman–Crippen MR) is 52.5 cm³/mol. The molecule has 0 heterocycles. The van der Waals surface area contributed by atoms with E-state index in [-0.39, 0.29) is 6.61 Å². The van der Waals surface area contributed by atoms with Gasteiger partial charge in [-0.3, -0.25) is 0 Å². The third-order valence-electron chi connectivity index (χ3n) is 2.93. The van der Waals surface area contributed by atoms with Gasteiger partial charge in [0.15, 0.2) is 0 Å². The molecule has 2 unspecified atom stereocenters. The molecule has 2 rings (SSSR count). The second-order valence-corrected chi connectivity index (χ2v) is 4.10. The Kier molecular flexibility index (Phi) is 2.56. The summed E-state index contributed by atoms with van der Waals surface area (Å²) in [5.74, 6) is 0.857. The van der Waals surface area contributed by atoms with Crippen LogP contribution < -0.4 is 0 Å². The number of benzene rings is 1. The molecule has 1 aliphatic carbocycles. The van der Waals surface area contributed by atoms with Gasteiger partial charge in [0.05, 0.1) is 6.61 Å². The molecule has 0 N–H and O–H groups in total. The molecule has 1 radical (unpaired) electrons. The van der Waals surface area contributed by atoms with Crippen molar-refractivity contribution >= 4 is 11.6 Å². The summed E-state index contributed by atoms with van der Waals surface area (Å²) in [4.78, 5) is 0. The zero-order chi connectivity index (χ0) is 9.26. The summed E-state index contributed by atoms with van der Waals surface area (Å²) in [7, 11) is 0. The van der Waals surface area contributed by atoms with E-state index in [0.29, 0.717) is 11.8 Å². The Morgan fingerprint density at radius 3 is 2.38 bits per heavy atom. The predicted octanol–water partition coefficient (Wildman–Crippen LogP) is 3.26. The first kappa shape index (κ1) is 9.04. The van der Waals surface area contributed by atoms with Gasteiger partial charge in [-0.2, -0.15) is 0 Å². The maximum absolute atomic E-state index is 10.7. The van der Waals surface area contributed by atoms with E-state index >= 15 is 0 Å². The molecule has 0 amide bonds. The van der Waals surface area contributed by atoms with Crippen molar-refractivity contribution in [3.63, 3.8) is 0 Å². The lowest BCUT2D eigenvalue weighted by atomic mass is 9.70. The molecule has 0 bridgehead atoms. The van der Waals surface area contributed by atoms with Gasteiger partial charge in [0.2, 0.25) is 0 Å². The lowest BCUT2D eigenvalue weighted by Crippen LogP contribution is -2.26. The molecule has 2 atom stereocenters. The van der Waals surface area contributed by atoms with Crippen LogP contribution in [-0.2, 0) is 5.11 Å². The van der Waals surface area contributed by atoms with E-state index in [1.807, 2.05) is 24.3 Å². The molecule has 1 fully saturated rings. The van der Waals surface area contributed by atoms with Crippen LogP contribution in [-0.4, -0.2) is 6.61 Å². The zero-order valence-corrected chi connectivity index (χ0v) is 8.13. The molecule has 2 heteroatoms. The van der Waals surface area contributed by atoms with Crippen molar-refractivity contribution in [2.75, 3.05) is 6.61 Å². The third-order valence-corrected chi connectivity index (χ3v) is 3.18. The third kappa shape index (κ3) is 1.72. The second-order valence-electron chi connectivity index (χ2n) is 3.66. The molecule has 1 saturated carbocycles. The Labute approximate surface area is 83.3 Å². The van der Waals surface area contributed by atoms with Crippen molar-refractivity contribution in [2.45, 2.75) is 18.8 Å². The number of halogens is 1. The van der Waals surface area contributed by atoms with Crippen LogP contribution in [0.15, 0.2) is 24.3 Å². The van der Waals surface area contributed by atoms with E-state index in [1.54, 1.807) is 0 Å². The lowest BCUT2D eigenvalue weighted by molar-refractivity contribution is 0.0824. The van der Waals surface area contributed by atoms with Crippen LogP contribution in [0.4, 0.5) is 0 Å². The minimum absolute atomic E-state index is 0.0628. The summed E-state index contributed by atoms with van der Waals surface area (Å²) in [5, 5.41) is 11.5. The van der Waals surface area contributed by atoms with E-state index in [2.05, 4.69) is 0 Å². The van der Waals surface area contributed by atoms with Crippen LogP contribution in [0, 0.1) is 5.92 Å². The van der Waals surface area contributed by atoms with Gasteiger partial charge < -0.3 is 0 Å². The van der Waals surface area contributed by atoms with Crippen molar-refractivity contribution in [3.8, 4) is 0 Å². The van der Waals surface area contributed by atoms with Gasteiger partial charge in [0, 0.05) is 5.02 Å². The zero-order valence-electron chi connectivity index (χ0n) is 7.37. The molecule has 1 aromatic rings. The fraction of sp³-hybridized carbons (Fsp3) is 0.455. The highest BCUT2D eigenvalue weighted by atomic mass is 35.5. The Balaban J connectivity index is 2.12. The molecule has 0 spiro atoms. The summed E-state index contributed by atoms with van der Waals surface area (Å²) < 4.78 is 0. The molecule has 0 aliphatic heterocycles. The highest BCUT2D eigenvalue weighted by Gasteiger charge is 2.31. The van der Waals surface area contributed by atoms with E-state index < -0.39 is 0 Å². The highest BCUT2D eigenvalue weighted by Crippen LogP contribution is 2.42. The minimum atomic E-state index is 0.0628. The van der Waals surface area contributed by atoms with Crippen LogP contribution in [0.25, 0.3) is 0 Å². The standard InChI is InChI=1S/C11H12ClO/c12-10-4-1-8(2-5-10)11-6-3-9(11)7-13/h1-2,4-5,9,11H,3,6-7H2. The maximum Gasteiger partial charge on any atom is 0.0856 e. The molecule has 1 nitrogen and oxygen atoms in total. The van der Waals surface area contributed by atoms with Gasteiger partial charge in [0.25, 0.3) is 0 Å². The van der Waals surface area contributed by atoms with Gasteiger partial charge in [-0.25, -0.2) is 5.11 Å². The first-order valence-corrected chi connectivity index (χ1v) is 5.02. The largest absolute Gasteiger partial charge is 0.236 e. The minimum Gasteiger partial charge on any atom is -0.236 e. The monoisotopic (exact) mass is 195 g/mol. The summed E-state index contributed by atoms with van der Waals surface area (Å²) >= 11 is 5.79. The van der Waals surface area contributed by atoms with Crippen LogP contribution in [0.1, 0.15) is 24.3 Å². The number of hydrogen-bond acceptors (Lipinski definition) is 0. The maximum atomic E-state index is 10.7. The van der Waals surface area contributed by atoms with Gasteiger partial charge in [0.1, 0.15) is 0 Å². The van der Waals surface area contributed by atoms with Crippen molar-refractivity contribution in [3.05, 3.63) is 34.9 Å². The van der Waals surface area contributed by atoms with E-state index in [0.717, 1.165) is 17.9 Å². The first-order valence-electron chi connectivity index (χ1n) is 4.65. The van der Waals surface area contributed by atoms with Crippen molar-refractivity contribution in [2.24, 2.45) is 5.92 Å². The van der Waals surface area contributed by atoms with Gasteiger partial charge in [-0.05, 0) is 42.4 Å². The summed E-state index contributed by atoms with van der Waals surface area (Å²) in [6.07, 6.45) is 2.26. The molecular formula is C11H12ClO. The van der Waals surface area contributed by atoms with Crippen LogP contribution in [0.5, 0.6) is 0 Å². The first-order chi connectivity index (χ1) is 6.31. The van der Waals surface area contributed by atoms with E-state index in [1.165, 1.54) is 5.56 Å². The quantitative estimate of drug-likeness (QED) is 0.691. The van der Waals surface area contributed by atoms with Gasteiger partial charge >= 0.3 is 0 Å². The van der Waals surface area contributed by atoms with Crippen molar-refractivity contribution in [1.82, 2.24) is 0 Å². The van der Waals surface area contributed by atoms with Crippen molar-refractivity contribution in [1.29, 1.82) is 0 Å². The Morgan fingerprint density at radius 1 is 1.23 bits per heavy atom. The summed E-state index contributed by atoms with van der Waals surface area (Å²) in [6, 6.07) is 7.87. The average Bonchev–Trinajstić information content (AvgIpc) is 2.08. The molecule has 1 aromatic carbocycles.